The minimum Gasteiger partial charge on any atom is -0.465 e. The Morgan fingerprint density at radius 1 is 1.08 bits per heavy atom. The maximum Gasteiger partial charge on any atom is 0.431 e. The highest BCUT2D eigenvalue weighted by atomic mass is 19.4. The number of hydrogen-bond acceptors (Lipinski definition) is 3. The second kappa shape index (κ2) is 6.23. The molecule has 0 heterocycles. The summed E-state index contributed by atoms with van der Waals surface area (Å²) in [6.45, 7) is 0.592. The molecule has 0 fully saturated rings. The molecule has 1 N–H and O–H groups in total. The van der Waals surface area contributed by atoms with Crippen molar-refractivity contribution in [2.45, 2.75) is 37.0 Å². The first-order chi connectivity index (χ1) is 10.7. The molecule has 0 radical (unpaired) electrons. The lowest BCUT2D eigenvalue weighted by Crippen LogP contribution is -2.56. The summed E-state index contributed by atoms with van der Waals surface area (Å²) in [5, 5.41) is 10.0. The number of ether oxygens (including phenoxy) is 1. The number of carbonyl (C=O) groups excluding carboxylic acids is 1. The van der Waals surface area contributed by atoms with E-state index in [4.69, 9.17) is 0 Å². The van der Waals surface area contributed by atoms with E-state index in [-0.39, 0.29) is 5.56 Å². The van der Waals surface area contributed by atoms with E-state index in [0.717, 1.165) is 25.3 Å². The van der Waals surface area contributed by atoms with E-state index in [9.17, 15) is 40.6 Å². The number of rotatable bonds is 4. The van der Waals surface area contributed by atoms with Crippen LogP contribution in [-0.4, -0.2) is 36.2 Å². The van der Waals surface area contributed by atoms with Crippen LogP contribution in [0.1, 0.15) is 29.3 Å². The zero-order valence-corrected chi connectivity index (χ0v) is 12.4. The summed E-state index contributed by atoms with van der Waals surface area (Å²) >= 11 is 0. The summed E-state index contributed by atoms with van der Waals surface area (Å²) in [7, 11) is 1.01. The first kappa shape index (κ1) is 20.2. The van der Waals surface area contributed by atoms with Gasteiger partial charge in [-0.3, -0.25) is 0 Å². The van der Waals surface area contributed by atoms with Crippen molar-refractivity contribution in [2.24, 2.45) is 0 Å². The summed E-state index contributed by atoms with van der Waals surface area (Å²) in [6, 6.07) is 4.08. The lowest BCUT2D eigenvalue weighted by atomic mass is 9.83. The average molecular weight is 362 g/mol. The van der Waals surface area contributed by atoms with Crippen LogP contribution in [-0.2, 0) is 10.3 Å². The fourth-order valence-corrected chi connectivity index (χ4v) is 2.04. The van der Waals surface area contributed by atoms with Crippen LogP contribution in [0.25, 0.3) is 0 Å². The molecule has 1 rings (SSSR count). The Labute approximate surface area is 132 Å². The molecule has 136 valence electrons. The molecule has 0 aromatic heterocycles. The second-order valence-corrected chi connectivity index (χ2v) is 5.32. The maximum absolute atomic E-state index is 13.8. The van der Waals surface area contributed by atoms with Crippen LogP contribution in [0.5, 0.6) is 0 Å². The van der Waals surface area contributed by atoms with Crippen LogP contribution in [0.2, 0.25) is 0 Å². The van der Waals surface area contributed by atoms with Crippen LogP contribution < -0.4 is 0 Å². The van der Waals surface area contributed by atoms with Gasteiger partial charge in [-0.15, -0.1) is 0 Å². The van der Waals surface area contributed by atoms with Gasteiger partial charge in [0.15, 0.2) is 0 Å². The van der Waals surface area contributed by atoms with Gasteiger partial charge in [-0.1, -0.05) is 12.1 Å². The highest BCUT2D eigenvalue weighted by molar-refractivity contribution is 5.89. The summed E-state index contributed by atoms with van der Waals surface area (Å²) in [4.78, 5) is 11.4. The molecule has 0 aliphatic heterocycles. The Bertz CT molecular complexity index is 591. The molecule has 0 aliphatic rings. The van der Waals surface area contributed by atoms with Crippen molar-refractivity contribution in [3.05, 3.63) is 35.4 Å². The standard InChI is InChI=1S/C14H13F7O3/c1-11(23,7-12(15,13(16,17)18)14(19,20)21)9-5-3-4-8(6-9)10(22)24-2/h3-6,23H,7H2,1-2H3. The normalized spacial score (nSPS) is 15.8. The monoisotopic (exact) mass is 362 g/mol. The molecular formula is C14H13F7O3. The molecule has 0 spiro atoms. The van der Waals surface area contributed by atoms with Crippen molar-refractivity contribution < 1.29 is 45.4 Å². The molecule has 10 heteroatoms. The SMILES string of the molecule is COC(=O)c1cccc(C(C)(O)CC(F)(C(F)(F)F)C(F)(F)F)c1. The van der Waals surface area contributed by atoms with Gasteiger partial charge < -0.3 is 9.84 Å². The smallest absolute Gasteiger partial charge is 0.431 e. The quantitative estimate of drug-likeness (QED) is 0.653. The Morgan fingerprint density at radius 2 is 1.58 bits per heavy atom. The molecule has 1 unspecified atom stereocenters. The van der Waals surface area contributed by atoms with Gasteiger partial charge in [0, 0.05) is 6.42 Å². The van der Waals surface area contributed by atoms with Crippen molar-refractivity contribution >= 4 is 5.97 Å². The lowest BCUT2D eigenvalue weighted by molar-refractivity contribution is -0.352. The second-order valence-electron chi connectivity index (χ2n) is 5.32. The minimum atomic E-state index is -6.28. The van der Waals surface area contributed by atoms with E-state index < -0.39 is 41.6 Å². The van der Waals surface area contributed by atoms with Crippen LogP contribution in [0, 0.1) is 0 Å². The van der Waals surface area contributed by atoms with E-state index in [0.29, 0.717) is 6.92 Å². The van der Waals surface area contributed by atoms with E-state index in [2.05, 4.69) is 4.74 Å². The number of hydrogen-bond donors (Lipinski definition) is 1. The van der Waals surface area contributed by atoms with Crippen molar-refractivity contribution in [2.75, 3.05) is 7.11 Å². The van der Waals surface area contributed by atoms with Crippen molar-refractivity contribution in [3.8, 4) is 0 Å². The molecule has 1 aromatic carbocycles. The molecule has 0 aliphatic carbocycles. The van der Waals surface area contributed by atoms with Crippen molar-refractivity contribution in [3.63, 3.8) is 0 Å². The number of carbonyl (C=O) groups is 1. The predicted octanol–water partition coefficient (Wildman–Crippen LogP) is 3.90. The van der Waals surface area contributed by atoms with E-state index in [1.807, 2.05) is 0 Å². The minimum absolute atomic E-state index is 0.223. The third-order valence-electron chi connectivity index (χ3n) is 3.39. The van der Waals surface area contributed by atoms with Crippen molar-refractivity contribution in [1.82, 2.24) is 0 Å². The Kier molecular flexibility index (Phi) is 5.24. The van der Waals surface area contributed by atoms with Crippen LogP contribution >= 0.6 is 0 Å². The number of methoxy groups -OCH3 is 1. The summed E-state index contributed by atoms with van der Waals surface area (Å²) in [6.07, 6.45) is -14.9. The molecule has 0 amide bonds. The van der Waals surface area contributed by atoms with Crippen LogP contribution in [0.3, 0.4) is 0 Å². The number of alkyl halides is 7. The average Bonchev–Trinajstić information content (AvgIpc) is 2.43. The third-order valence-corrected chi connectivity index (χ3v) is 3.39. The van der Waals surface area contributed by atoms with Gasteiger partial charge in [-0.25, -0.2) is 9.18 Å². The van der Waals surface area contributed by atoms with Crippen LogP contribution in [0.4, 0.5) is 30.7 Å². The summed E-state index contributed by atoms with van der Waals surface area (Å²) in [5.74, 6) is -0.925. The van der Waals surface area contributed by atoms with Gasteiger partial charge in [0.25, 0.3) is 0 Å². The van der Waals surface area contributed by atoms with E-state index in [1.165, 1.54) is 6.07 Å². The number of esters is 1. The van der Waals surface area contributed by atoms with Gasteiger partial charge in [-0.2, -0.15) is 26.3 Å². The van der Waals surface area contributed by atoms with E-state index in [1.54, 1.807) is 0 Å². The topological polar surface area (TPSA) is 46.5 Å². The Balaban J connectivity index is 3.32. The highest BCUT2D eigenvalue weighted by Gasteiger charge is 2.73. The molecule has 3 nitrogen and oxygen atoms in total. The molecular weight excluding hydrogens is 349 g/mol. The summed E-state index contributed by atoms with van der Waals surface area (Å²) in [5.41, 5.74) is -9.20. The van der Waals surface area contributed by atoms with Gasteiger partial charge in [-0.05, 0) is 24.6 Å². The largest absolute Gasteiger partial charge is 0.465 e. The van der Waals surface area contributed by atoms with Gasteiger partial charge in [0.2, 0.25) is 0 Å². The fourth-order valence-electron chi connectivity index (χ4n) is 2.04. The molecule has 24 heavy (non-hydrogen) atoms. The van der Waals surface area contributed by atoms with Gasteiger partial charge in [0.05, 0.1) is 18.3 Å². The van der Waals surface area contributed by atoms with Crippen LogP contribution in [0.15, 0.2) is 24.3 Å². The first-order valence-corrected chi connectivity index (χ1v) is 6.39. The number of benzene rings is 1. The molecule has 0 saturated carbocycles. The zero-order chi connectivity index (χ0) is 19.0. The maximum atomic E-state index is 13.8. The lowest BCUT2D eigenvalue weighted by Gasteiger charge is -2.36. The summed E-state index contributed by atoms with van der Waals surface area (Å²) < 4.78 is 93.9. The molecule has 1 atom stereocenters. The number of halogens is 7. The molecule has 0 saturated heterocycles. The van der Waals surface area contributed by atoms with Crippen molar-refractivity contribution in [1.29, 1.82) is 0 Å². The first-order valence-electron chi connectivity index (χ1n) is 6.39. The highest BCUT2D eigenvalue weighted by Crippen LogP contribution is 2.51. The third kappa shape index (κ3) is 3.80. The van der Waals surface area contributed by atoms with Gasteiger partial charge >= 0.3 is 24.0 Å². The Morgan fingerprint density at radius 3 is 2.00 bits per heavy atom. The molecule has 0 bridgehead atoms. The molecule has 1 aromatic rings. The fraction of sp³-hybridized carbons (Fsp3) is 0.500. The van der Waals surface area contributed by atoms with Gasteiger partial charge in [0.1, 0.15) is 0 Å². The predicted molar refractivity (Wildman–Crippen MR) is 67.9 cm³/mol. The van der Waals surface area contributed by atoms with E-state index >= 15 is 0 Å². The number of aliphatic hydroxyl groups is 1. The Hall–Kier alpha value is -1.84. The zero-order valence-electron chi connectivity index (χ0n) is 12.4.